The predicted molar refractivity (Wildman–Crippen MR) is 140 cm³/mol. The molecule has 0 saturated heterocycles. The summed E-state index contributed by atoms with van der Waals surface area (Å²) in [5.41, 5.74) is 14.9. The van der Waals surface area contributed by atoms with Gasteiger partial charge in [-0.25, -0.2) is 9.97 Å². The van der Waals surface area contributed by atoms with Crippen molar-refractivity contribution in [3.8, 4) is 22.3 Å². The molecule has 0 fully saturated rings. The van der Waals surface area contributed by atoms with Crippen LogP contribution in [0.15, 0.2) is 85.3 Å². The Bertz CT molecular complexity index is 2070. The van der Waals surface area contributed by atoms with Crippen LogP contribution in [0, 0.1) is 0 Å². The normalized spacial score (nSPS) is 13.5. The van der Waals surface area contributed by atoms with E-state index in [4.69, 9.17) is 4.98 Å². The Balaban J connectivity index is 1.48. The Morgan fingerprint density at radius 3 is 2.57 bits per heavy atom. The highest BCUT2D eigenvalue weighted by Crippen LogP contribution is 2.48. The van der Waals surface area contributed by atoms with Crippen LogP contribution in [0.2, 0.25) is 0 Å². The van der Waals surface area contributed by atoms with Gasteiger partial charge in [0.15, 0.2) is 5.65 Å². The van der Waals surface area contributed by atoms with Crippen molar-refractivity contribution in [2.75, 3.05) is 0 Å². The molecule has 4 heteroatoms. The van der Waals surface area contributed by atoms with Gasteiger partial charge in [0.2, 0.25) is 0 Å². The first-order valence-electron chi connectivity index (χ1n) is 12.0. The molecule has 3 aromatic carbocycles. The Morgan fingerprint density at radius 2 is 1.57 bits per heavy atom. The average Bonchev–Trinajstić information content (AvgIpc) is 3.58. The number of imidazole rings is 1. The molecule has 0 spiro atoms. The molecule has 0 atom stereocenters. The summed E-state index contributed by atoms with van der Waals surface area (Å²) in [7, 11) is 0. The second-order valence-corrected chi connectivity index (χ2v) is 9.71. The van der Waals surface area contributed by atoms with Crippen molar-refractivity contribution < 1.29 is 0 Å². The van der Waals surface area contributed by atoms with Crippen LogP contribution in [0.4, 0.5) is 0 Å². The second kappa shape index (κ2) is 6.10. The van der Waals surface area contributed by atoms with Gasteiger partial charge in [-0.1, -0.05) is 42.5 Å². The second-order valence-electron chi connectivity index (χ2n) is 9.71. The van der Waals surface area contributed by atoms with E-state index in [9.17, 15) is 0 Å². The van der Waals surface area contributed by atoms with E-state index in [2.05, 4.69) is 75.0 Å². The number of benzene rings is 3. The zero-order chi connectivity index (χ0) is 22.7. The van der Waals surface area contributed by atoms with Gasteiger partial charge in [-0.3, -0.25) is 9.38 Å². The first-order valence-corrected chi connectivity index (χ1v) is 12.0. The van der Waals surface area contributed by atoms with Crippen molar-refractivity contribution in [3.63, 3.8) is 0 Å². The van der Waals surface area contributed by atoms with Gasteiger partial charge in [0.1, 0.15) is 5.65 Å². The third-order valence-electron chi connectivity index (χ3n) is 7.94. The van der Waals surface area contributed by atoms with Crippen molar-refractivity contribution in [1.82, 2.24) is 19.4 Å². The SMILES string of the molecule is c1ccc2c(c1)Cc1cc3c(cc1-2)-c1c(ccc2c4ccncc4n4c5cccnc5nc4c12)C3. The largest absolute Gasteiger partial charge is 0.288 e. The van der Waals surface area contributed by atoms with E-state index < -0.39 is 0 Å². The quantitative estimate of drug-likeness (QED) is 0.243. The molecule has 9 rings (SSSR count). The smallest absolute Gasteiger partial charge is 0.178 e. The highest BCUT2D eigenvalue weighted by Gasteiger charge is 2.28. The first kappa shape index (κ1) is 17.8. The van der Waals surface area contributed by atoms with Gasteiger partial charge in [-0.05, 0) is 87.0 Å². The Hall–Kier alpha value is -4.57. The number of pyridine rings is 3. The number of nitrogens with zero attached hydrogens (tertiary/aromatic N) is 4. The third kappa shape index (κ3) is 2.15. The molecule has 7 aromatic rings. The van der Waals surface area contributed by atoms with E-state index in [-0.39, 0.29) is 0 Å². The number of hydrogen-bond donors (Lipinski definition) is 0. The van der Waals surface area contributed by atoms with Crippen molar-refractivity contribution in [1.29, 1.82) is 0 Å². The Morgan fingerprint density at radius 1 is 0.657 bits per heavy atom. The number of aromatic nitrogens is 4. The lowest BCUT2D eigenvalue weighted by Gasteiger charge is -2.13. The van der Waals surface area contributed by atoms with Gasteiger partial charge in [0.05, 0.1) is 17.2 Å². The Kier molecular flexibility index (Phi) is 3.11. The van der Waals surface area contributed by atoms with Gasteiger partial charge in [0.25, 0.3) is 0 Å². The summed E-state index contributed by atoms with van der Waals surface area (Å²) in [4.78, 5) is 14.1. The molecule has 0 N–H and O–H groups in total. The van der Waals surface area contributed by atoms with Crippen molar-refractivity contribution in [2.45, 2.75) is 12.8 Å². The molecule has 4 heterocycles. The monoisotopic (exact) mass is 446 g/mol. The Labute approximate surface area is 200 Å². The lowest BCUT2D eigenvalue weighted by Crippen LogP contribution is -1.94. The third-order valence-corrected chi connectivity index (χ3v) is 7.94. The highest BCUT2D eigenvalue weighted by atomic mass is 15.1. The van der Waals surface area contributed by atoms with E-state index in [1.54, 1.807) is 0 Å². The molecular weight excluding hydrogens is 428 g/mol. The van der Waals surface area contributed by atoms with Crippen LogP contribution in [0.25, 0.3) is 60.7 Å². The maximum Gasteiger partial charge on any atom is 0.178 e. The molecule has 0 amide bonds. The van der Waals surface area contributed by atoms with E-state index in [1.807, 2.05) is 24.7 Å². The van der Waals surface area contributed by atoms with E-state index >= 15 is 0 Å². The summed E-state index contributed by atoms with van der Waals surface area (Å²) in [6, 6.07) is 24.5. The zero-order valence-corrected chi connectivity index (χ0v) is 18.8. The van der Waals surface area contributed by atoms with Crippen LogP contribution >= 0.6 is 0 Å². The van der Waals surface area contributed by atoms with E-state index in [0.29, 0.717) is 0 Å². The predicted octanol–water partition coefficient (Wildman–Crippen LogP) is 6.73. The summed E-state index contributed by atoms with van der Waals surface area (Å²) < 4.78 is 2.24. The number of fused-ring (bicyclic) bond motifs is 15. The van der Waals surface area contributed by atoms with Crippen molar-refractivity contribution in [2.24, 2.45) is 0 Å². The molecule has 35 heavy (non-hydrogen) atoms. The van der Waals surface area contributed by atoms with Crippen molar-refractivity contribution >= 4 is 38.5 Å². The fourth-order valence-corrected chi connectivity index (χ4v) is 6.49. The fraction of sp³-hybridized carbons (Fsp3) is 0.0645. The molecule has 2 aliphatic rings. The molecule has 4 nitrogen and oxygen atoms in total. The van der Waals surface area contributed by atoms with E-state index in [0.717, 1.165) is 35.2 Å². The standard InChI is InChI=1S/C31H18N4/c1-2-5-21-17(4-1)12-19-14-20-13-18-7-8-23-22-9-11-32-16-27(22)35-26-6-3-10-33-30(26)34-31(35)29(23)28(18)25(20)15-24(19)21/h1-11,14-16H,12-13H2. The maximum atomic E-state index is 5.08. The van der Waals surface area contributed by atoms with Crippen LogP contribution in [0.3, 0.4) is 0 Å². The van der Waals surface area contributed by atoms with Gasteiger partial charge in [-0.2, -0.15) is 0 Å². The van der Waals surface area contributed by atoms with Gasteiger partial charge in [-0.15, -0.1) is 0 Å². The van der Waals surface area contributed by atoms with Crippen LogP contribution in [-0.2, 0) is 12.8 Å². The zero-order valence-electron chi connectivity index (χ0n) is 18.8. The van der Waals surface area contributed by atoms with Crippen LogP contribution in [0.5, 0.6) is 0 Å². The number of hydrogen-bond acceptors (Lipinski definition) is 3. The minimum absolute atomic E-state index is 0.767. The average molecular weight is 447 g/mol. The molecule has 162 valence electrons. The lowest BCUT2D eigenvalue weighted by molar-refractivity contribution is 1.21. The van der Waals surface area contributed by atoms with Gasteiger partial charge >= 0.3 is 0 Å². The molecule has 0 saturated carbocycles. The molecule has 0 unspecified atom stereocenters. The molecule has 0 bridgehead atoms. The fourth-order valence-electron chi connectivity index (χ4n) is 6.49. The molecule has 0 radical (unpaired) electrons. The summed E-state index contributed by atoms with van der Waals surface area (Å²) in [5, 5.41) is 3.62. The summed E-state index contributed by atoms with van der Waals surface area (Å²) in [6.07, 6.45) is 7.63. The summed E-state index contributed by atoms with van der Waals surface area (Å²) >= 11 is 0. The minimum atomic E-state index is 0.767. The number of rotatable bonds is 0. The van der Waals surface area contributed by atoms with Gasteiger partial charge in [0, 0.05) is 23.2 Å². The first-order chi connectivity index (χ1) is 17.3. The molecular formula is C31H18N4. The molecule has 2 aliphatic carbocycles. The molecule has 0 aliphatic heterocycles. The van der Waals surface area contributed by atoms with E-state index in [1.165, 1.54) is 60.7 Å². The lowest BCUT2D eigenvalue weighted by atomic mass is 9.94. The maximum absolute atomic E-state index is 5.08. The highest BCUT2D eigenvalue weighted by molar-refractivity contribution is 6.19. The topological polar surface area (TPSA) is 43.1 Å². The van der Waals surface area contributed by atoms with Crippen LogP contribution in [0.1, 0.15) is 22.3 Å². The van der Waals surface area contributed by atoms with Crippen LogP contribution in [-0.4, -0.2) is 19.4 Å². The van der Waals surface area contributed by atoms with Crippen molar-refractivity contribution in [3.05, 3.63) is 108 Å². The van der Waals surface area contributed by atoms with Crippen LogP contribution < -0.4 is 0 Å². The molecule has 4 aromatic heterocycles. The summed E-state index contributed by atoms with van der Waals surface area (Å²) in [6.45, 7) is 0. The van der Waals surface area contributed by atoms with Gasteiger partial charge < -0.3 is 0 Å². The minimum Gasteiger partial charge on any atom is -0.288 e. The summed E-state index contributed by atoms with van der Waals surface area (Å²) in [5.74, 6) is 0.